The van der Waals surface area contributed by atoms with Crippen LogP contribution in [0.1, 0.15) is 46.0 Å². The predicted molar refractivity (Wildman–Crippen MR) is 101 cm³/mol. The molecule has 0 amide bonds. The van der Waals surface area contributed by atoms with Crippen molar-refractivity contribution in [3.8, 4) is 0 Å². The van der Waals surface area contributed by atoms with Crippen molar-refractivity contribution < 1.29 is 34.1 Å². The van der Waals surface area contributed by atoms with Crippen molar-refractivity contribution in [1.82, 2.24) is 0 Å². The number of carbonyl (C=O) groups excluding carboxylic acids is 3. The number of aliphatic hydroxyl groups is 1. The van der Waals surface area contributed by atoms with Crippen LogP contribution in [0.4, 0.5) is 4.79 Å². The van der Waals surface area contributed by atoms with E-state index in [1.165, 1.54) is 6.08 Å². The largest absolute Gasteiger partial charge is 0.506 e. The quantitative estimate of drug-likeness (QED) is 0.696. The second-order valence-electron chi connectivity index (χ2n) is 9.41. The van der Waals surface area contributed by atoms with Gasteiger partial charge in [-0.3, -0.25) is 14.4 Å². The lowest BCUT2D eigenvalue weighted by atomic mass is 9.46. The molecule has 7 nitrogen and oxygen atoms in total. The molecule has 0 aliphatic heterocycles. The van der Waals surface area contributed by atoms with Crippen molar-refractivity contribution in [3.63, 3.8) is 0 Å². The van der Waals surface area contributed by atoms with Crippen LogP contribution in [-0.2, 0) is 19.1 Å². The topological polar surface area (TPSA) is 118 Å². The Morgan fingerprint density at radius 3 is 2.66 bits per heavy atom. The molecular weight excluding hydrogens is 376 g/mol. The van der Waals surface area contributed by atoms with Gasteiger partial charge in [0.2, 0.25) is 5.78 Å². The molecule has 0 aromatic heterocycles. The summed E-state index contributed by atoms with van der Waals surface area (Å²) < 4.78 is 4.41. The van der Waals surface area contributed by atoms with Crippen LogP contribution in [0, 0.1) is 28.6 Å². The molecule has 6 atom stereocenters. The van der Waals surface area contributed by atoms with Gasteiger partial charge >= 0.3 is 6.16 Å². The number of ketones is 3. The summed E-state index contributed by atoms with van der Waals surface area (Å²) in [6.07, 6.45) is 5.75. The molecule has 0 aromatic rings. The van der Waals surface area contributed by atoms with Crippen LogP contribution in [0.3, 0.4) is 0 Å². The number of ether oxygens (including phenoxy) is 1. The fourth-order valence-electron chi connectivity index (χ4n) is 6.74. The predicted octanol–water partition coefficient (Wildman–Crippen LogP) is 2.47. The molecule has 0 spiro atoms. The molecule has 2 N–H and O–H groups in total. The Morgan fingerprint density at radius 1 is 1.24 bits per heavy atom. The van der Waals surface area contributed by atoms with Gasteiger partial charge in [-0.05, 0) is 49.7 Å². The molecule has 4 aliphatic rings. The number of fused-ring (bicyclic) bond motifs is 5. The molecule has 3 fully saturated rings. The highest BCUT2D eigenvalue weighted by molar-refractivity contribution is 6.02. The highest BCUT2D eigenvalue weighted by Crippen LogP contribution is 2.66. The highest BCUT2D eigenvalue weighted by Gasteiger charge is 2.68. The third kappa shape index (κ3) is 2.66. The van der Waals surface area contributed by atoms with Gasteiger partial charge in [-0.25, -0.2) is 4.79 Å². The zero-order valence-corrected chi connectivity index (χ0v) is 16.6. The van der Waals surface area contributed by atoms with Crippen LogP contribution >= 0.6 is 0 Å². The van der Waals surface area contributed by atoms with Crippen molar-refractivity contribution in [1.29, 1.82) is 0 Å². The third-order valence-corrected chi connectivity index (χ3v) is 8.20. The Morgan fingerprint density at radius 2 is 1.97 bits per heavy atom. The molecule has 156 valence electrons. The molecule has 29 heavy (non-hydrogen) atoms. The molecule has 0 radical (unpaired) electrons. The van der Waals surface area contributed by atoms with E-state index >= 15 is 0 Å². The molecule has 0 saturated heterocycles. The Kier molecular flexibility index (Phi) is 4.39. The van der Waals surface area contributed by atoms with Gasteiger partial charge in [-0.1, -0.05) is 25.5 Å². The summed E-state index contributed by atoms with van der Waals surface area (Å²) in [5.74, 6) is -1.05. The number of Topliss-reactive ketones (excluding diaryl/α,β-unsaturated/α-hetero) is 2. The van der Waals surface area contributed by atoms with Gasteiger partial charge in [0.25, 0.3) is 0 Å². The SMILES string of the molecule is C[C@]12C=CC(=O)C=C1CCC1C2C(=O)C[C@@]2(C)C1CC[C@]2(O)C(=O)COC(=O)O. The van der Waals surface area contributed by atoms with Gasteiger partial charge < -0.3 is 14.9 Å². The van der Waals surface area contributed by atoms with Crippen molar-refractivity contribution in [3.05, 3.63) is 23.8 Å². The van der Waals surface area contributed by atoms with Crippen molar-refractivity contribution in [2.45, 2.75) is 51.6 Å². The number of rotatable bonds is 3. The van der Waals surface area contributed by atoms with Crippen LogP contribution in [-0.4, -0.2) is 45.9 Å². The third-order valence-electron chi connectivity index (χ3n) is 8.20. The summed E-state index contributed by atoms with van der Waals surface area (Å²) in [5, 5.41) is 20.0. The van der Waals surface area contributed by atoms with E-state index in [9.17, 15) is 24.3 Å². The lowest BCUT2D eigenvalue weighted by Crippen LogP contribution is -2.60. The number of carboxylic acid groups (broad SMARTS) is 1. The normalized spacial score (nSPS) is 43.1. The first-order valence-corrected chi connectivity index (χ1v) is 10.1. The number of hydrogen-bond donors (Lipinski definition) is 2. The molecule has 4 rings (SSSR count). The zero-order chi connectivity index (χ0) is 21.2. The summed E-state index contributed by atoms with van der Waals surface area (Å²) in [5.41, 5.74) is -2.24. The summed E-state index contributed by atoms with van der Waals surface area (Å²) >= 11 is 0. The fourth-order valence-corrected chi connectivity index (χ4v) is 6.74. The molecular formula is C22H26O7. The van der Waals surface area contributed by atoms with Gasteiger partial charge in [-0.2, -0.15) is 0 Å². The molecule has 3 saturated carbocycles. The van der Waals surface area contributed by atoms with Crippen molar-refractivity contribution in [2.24, 2.45) is 28.6 Å². The van der Waals surface area contributed by atoms with E-state index in [0.717, 1.165) is 12.0 Å². The van der Waals surface area contributed by atoms with Gasteiger partial charge in [0.15, 0.2) is 12.4 Å². The molecule has 7 heteroatoms. The van der Waals surface area contributed by atoms with E-state index < -0.39 is 35.0 Å². The van der Waals surface area contributed by atoms with Crippen LogP contribution in [0.15, 0.2) is 23.8 Å². The van der Waals surface area contributed by atoms with Crippen LogP contribution < -0.4 is 0 Å². The van der Waals surface area contributed by atoms with E-state index in [1.807, 2.05) is 13.0 Å². The second kappa shape index (κ2) is 6.36. The summed E-state index contributed by atoms with van der Waals surface area (Å²) in [6.45, 7) is 3.07. The van der Waals surface area contributed by atoms with E-state index in [-0.39, 0.29) is 42.2 Å². The zero-order valence-electron chi connectivity index (χ0n) is 16.6. The molecule has 4 aliphatic carbocycles. The maximum absolute atomic E-state index is 13.4. The van der Waals surface area contributed by atoms with E-state index in [1.54, 1.807) is 13.0 Å². The Labute approximate surface area is 168 Å². The average molecular weight is 402 g/mol. The van der Waals surface area contributed by atoms with E-state index in [2.05, 4.69) is 4.74 Å². The van der Waals surface area contributed by atoms with Crippen molar-refractivity contribution in [2.75, 3.05) is 6.61 Å². The molecule has 0 heterocycles. The maximum atomic E-state index is 13.4. The number of carbonyl (C=O) groups is 4. The first-order valence-electron chi connectivity index (χ1n) is 10.1. The minimum Gasteiger partial charge on any atom is -0.450 e. The summed E-state index contributed by atoms with van der Waals surface area (Å²) in [4.78, 5) is 48.6. The van der Waals surface area contributed by atoms with Crippen LogP contribution in [0.5, 0.6) is 0 Å². The van der Waals surface area contributed by atoms with Crippen molar-refractivity contribution >= 4 is 23.5 Å². The first kappa shape index (κ1) is 20.0. The van der Waals surface area contributed by atoms with Crippen LogP contribution in [0.2, 0.25) is 0 Å². The Bertz CT molecular complexity index is 870. The molecule has 3 unspecified atom stereocenters. The lowest BCUT2D eigenvalue weighted by Gasteiger charge is -2.56. The standard InChI is InChI=1S/C22H26O7/c1-20-7-5-13(23)9-12(20)3-4-14-15-6-8-22(28,17(25)11-29-19(26)27)21(15,2)10-16(24)18(14)20/h5,7,9,14-15,18,28H,3-4,6,8,10-11H2,1-2H3,(H,26,27)/t14?,15?,18?,20-,21-,22-/m0/s1. The summed E-state index contributed by atoms with van der Waals surface area (Å²) in [7, 11) is 0. The fraction of sp³-hybridized carbons (Fsp3) is 0.636. The Hall–Kier alpha value is -2.28. The Balaban J connectivity index is 1.67. The highest BCUT2D eigenvalue weighted by atomic mass is 16.7. The molecule has 0 bridgehead atoms. The molecule has 0 aromatic carbocycles. The van der Waals surface area contributed by atoms with E-state index in [4.69, 9.17) is 5.11 Å². The van der Waals surface area contributed by atoms with E-state index in [0.29, 0.717) is 12.8 Å². The second-order valence-corrected chi connectivity index (χ2v) is 9.41. The van der Waals surface area contributed by atoms with Gasteiger partial charge in [-0.15, -0.1) is 0 Å². The maximum Gasteiger partial charge on any atom is 0.506 e. The van der Waals surface area contributed by atoms with Gasteiger partial charge in [0.1, 0.15) is 11.4 Å². The van der Waals surface area contributed by atoms with Crippen LogP contribution in [0.25, 0.3) is 0 Å². The summed E-state index contributed by atoms with van der Waals surface area (Å²) in [6, 6.07) is 0. The first-order chi connectivity index (χ1) is 13.5. The smallest absolute Gasteiger partial charge is 0.450 e. The van der Waals surface area contributed by atoms with Gasteiger partial charge in [0.05, 0.1) is 0 Å². The lowest BCUT2D eigenvalue weighted by molar-refractivity contribution is -0.169. The minimum atomic E-state index is -1.77. The number of allylic oxidation sites excluding steroid dienone is 4. The average Bonchev–Trinajstić information content (AvgIpc) is 2.91. The number of hydrogen-bond acceptors (Lipinski definition) is 6. The monoisotopic (exact) mass is 402 g/mol. The minimum absolute atomic E-state index is 0.00321. The van der Waals surface area contributed by atoms with Gasteiger partial charge in [0, 0.05) is 23.2 Å².